The lowest BCUT2D eigenvalue weighted by Gasteiger charge is -2.31. The lowest BCUT2D eigenvalue weighted by atomic mass is 9.93. The molecule has 0 saturated carbocycles. The Labute approximate surface area is 209 Å². The van der Waals surface area contributed by atoms with Crippen LogP contribution in [-0.4, -0.2) is 34.9 Å². The number of nitrogens with one attached hydrogen (secondary N) is 2. The summed E-state index contributed by atoms with van der Waals surface area (Å²) in [5.41, 5.74) is 3.13. The maximum Gasteiger partial charge on any atom is 0.250 e. The van der Waals surface area contributed by atoms with E-state index in [2.05, 4.69) is 32.8 Å². The van der Waals surface area contributed by atoms with Crippen molar-refractivity contribution in [2.24, 2.45) is 0 Å². The Morgan fingerprint density at radius 2 is 1.61 bits per heavy atom. The van der Waals surface area contributed by atoms with Crippen LogP contribution in [0.25, 0.3) is 6.08 Å². The third-order valence-corrected chi connectivity index (χ3v) is 6.17. The lowest BCUT2D eigenvalue weighted by molar-refractivity contribution is -0.111. The molecule has 8 nitrogen and oxygen atoms in total. The maximum absolute atomic E-state index is 12.6. The van der Waals surface area contributed by atoms with Crippen LogP contribution in [-0.2, 0) is 4.79 Å². The van der Waals surface area contributed by atoms with E-state index in [4.69, 9.17) is 9.47 Å². The lowest BCUT2D eigenvalue weighted by Crippen LogP contribution is -2.28. The number of carbonyl (C=O) groups excluding carboxylic acids is 1. The molecule has 5 rings (SSSR count). The van der Waals surface area contributed by atoms with Gasteiger partial charge in [-0.15, -0.1) is 5.10 Å². The molecule has 2 unspecified atom stereocenters. The van der Waals surface area contributed by atoms with E-state index in [1.54, 1.807) is 20.3 Å². The number of aromatic nitrogens is 3. The van der Waals surface area contributed by atoms with Gasteiger partial charge in [0.15, 0.2) is 0 Å². The number of methoxy groups -OCH3 is 2. The fraction of sp³-hybridized carbons (Fsp3) is 0.179. The zero-order valence-corrected chi connectivity index (χ0v) is 20.1. The van der Waals surface area contributed by atoms with Gasteiger partial charge in [0.1, 0.15) is 11.5 Å². The molecule has 2 atom stereocenters. The number of anilines is 2. The zero-order valence-electron chi connectivity index (χ0n) is 20.1. The molecule has 0 bridgehead atoms. The highest BCUT2D eigenvalue weighted by Crippen LogP contribution is 2.38. The molecule has 36 heavy (non-hydrogen) atoms. The van der Waals surface area contributed by atoms with Crippen LogP contribution in [0.3, 0.4) is 0 Å². The standard InChI is InChI=1S/C28H27N5O3/c1-35-22-13-8-19(9-14-22)10-17-26(34)30-27-31-28-29-24(20-6-4-3-5-7-20)18-25(33(28)32-27)21-11-15-23(36-2)16-12-21/h3-17,24-25H,18H2,1-2H3,(H2,29,30,31,32,34)/b17-10+. The first-order valence-electron chi connectivity index (χ1n) is 11.7. The quantitative estimate of drug-likeness (QED) is 0.357. The van der Waals surface area contributed by atoms with Gasteiger partial charge in [-0.05, 0) is 53.5 Å². The van der Waals surface area contributed by atoms with Crippen molar-refractivity contribution in [3.8, 4) is 11.5 Å². The van der Waals surface area contributed by atoms with Crippen molar-refractivity contribution in [1.82, 2.24) is 14.8 Å². The number of nitrogens with zero attached hydrogens (tertiary/aromatic N) is 3. The van der Waals surface area contributed by atoms with Crippen molar-refractivity contribution in [3.05, 3.63) is 102 Å². The Bertz CT molecular complexity index is 1350. The van der Waals surface area contributed by atoms with E-state index < -0.39 is 0 Å². The number of carbonyl (C=O) groups is 1. The van der Waals surface area contributed by atoms with Crippen LogP contribution in [0, 0.1) is 0 Å². The molecule has 182 valence electrons. The molecule has 8 heteroatoms. The molecule has 1 aliphatic heterocycles. The van der Waals surface area contributed by atoms with Gasteiger partial charge in [-0.1, -0.05) is 54.6 Å². The second-order valence-electron chi connectivity index (χ2n) is 8.43. The van der Waals surface area contributed by atoms with Crippen LogP contribution >= 0.6 is 0 Å². The highest BCUT2D eigenvalue weighted by atomic mass is 16.5. The molecule has 4 aromatic rings. The number of hydrogen-bond donors (Lipinski definition) is 2. The fourth-order valence-electron chi connectivity index (χ4n) is 4.28. The van der Waals surface area contributed by atoms with Gasteiger partial charge in [-0.3, -0.25) is 10.1 Å². The molecule has 1 aromatic heterocycles. The Hall–Kier alpha value is -4.59. The molecule has 0 fully saturated rings. The maximum atomic E-state index is 12.6. The van der Waals surface area contributed by atoms with Crippen molar-refractivity contribution < 1.29 is 14.3 Å². The van der Waals surface area contributed by atoms with Crippen molar-refractivity contribution in [2.45, 2.75) is 18.5 Å². The minimum absolute atomic E-state index is 0.0496. The number of rotatable bonds is 7. The monoisotopic (exact) mass is 481 g/mol. The topological polar surface area (TPSA) is 90.3 Å². The van der Waals surface area contributed by atoms with Gasteiger partial charge in [0.2, 0.25) is 5.95 Å². The molecule has 1 amide bonds. The Morgan fingerprint density at radius 3 is 2.28 bits per heavy atom. The summed E-state index contributed by atoms with van der Waals surface area (Å²) < 4.78 is 12.3. The molecule has 0 spiro atoms. The van der Waals surface area contributed by atoms with Crippen molar-refractivity contribution in [3.63, 3.8) is 0 Å². The van der Waals surface area contributed by atoms with E-state index in [-0.39, 0.29) is 23.9 Å². The third kappa shape index (κ3) is 5.07. The van der Waals surface area contributed by atoms with Gasteiger partial charge in [0, 0.05) is 6.08 Å². The van der Waals surface area contributed by atoms with E-state index in [9.17, 15) is 4.79 Å². The predicted octanol–water partition coefficient (Wildman–Crippen LogP) is 5.09. The summed E-state index contributed by atoms with van der Waals surface area (Å²) in [6, 6.07) is 25.6. The van der Waals surface area contributed by atoms with E-state index >= 15 is 0 Å². The molecular weight excluding hydrogens is 454 g/mol. The van der Waals surface area contributed by atoms with Crippen molar-refractivity contribution in [1.29, 1.82) is 0 Å². The van der Waals surface area contributed by atoms with E-state index in [0.717, 1.165) is 29.0 Å². The summed E-state index contributed by atoms with van der Waals surface area (Å²) in [5.74, 6) is 2.09. The van der Waals surface area contributed by atoms with E-state index in [1.807, 2.05) is 71.4 Å². The number of hydrogen-bond acceptors (Lipinski definition) is 6. The Balaban J connectivity index is 1.38. The second-order valence-corrected chi connectivity index (χ2v) is 8.43. The van der Waals surface area contributed by atoms with Gasteiger partial charge >= 0.3 is 0 Å². The van der Waals surface area contributed by atoms with Gasteiger partial charge < -0.3 is 14.8 Å². The minimum atomic E-state index is -0.311. The van der Waals surface area contributed by atoms with Gasteiger partial charge in [-0.2, -0.15) is 4.98 Å². The summed E-state index contributed by atoms with van der Waals surface area (Å²) in [4.78, 5) is 17.2. The summed E-state index contributed by atoms with van der Waals surface area (Å²) in [6.45, 7) is 0. The number of ether oxygens (including phenoxy) is 2. The average Bonchev–Trinajstić information content (AvgIpc) is 3.34. The zero-order chi connectivity index (χ0) is 24.9. The first kappa shape index (κ1) is 23.2. The largest absolute Gasteiger partial charge is 0.497 e. The molecule has 0 saturated heterocycles. The first-order valence-corrected chi connectivity index (χ1v) is 11.7. The van der Waals surface area contributed by atoms with Gasteiger partial charge in [0.25, 0.3) is 11.9 Å². The summed E-state index contributed by atoms with van der Waals surface area (Å²) in [7, 11) is 3.27. The van der Waals surface area contributed by atoms with Crippen LogP contribution in [0.2, 0.25) is 0 Å². The number of amides is 1. The first-order chi connectivity index (χ1) is 17.6. The van der Waals surface area contributed by atoms with Crippen molar-refractivity contribution in [2.75, 3.05) is 24.9 Å². The minimum Gasteiger partial charge on any atom is -0.497 e. The average molecular weight is 482 g/mol. The fourth-order valence-corrected chi connectivity index (χ4v) is 4.28. The van der Waals surface area contributed by atoms with E-state index in [1.165, 1.54) is 11.6 Å². The molecule has 1 aliphatic rings. The summed E-state index contributed by atoms with van der Waals surface area (Å²) in [6.07, 6.45) is 3.97. The molecule has 0 radical (unpaired) electrons. The van der Waals surface area contributed by atoms with Gasteiger partial charge in [0.05, 0.1) is 26.3 Å². The predicted molar refractivity (Wildman–Crippen MR) is 139 cm³/mol. The second kappa shape index (κ2) is 10.4. The summed E-state index contributed by atoms with van der Waals surface area (Å²) >= 11 is 0. The van der Waals surface area contributed by atoms with Crippen LogP contribution in [0.5, 0.6) is 11.5 Å². The number of fused-ring (bicyclic) bond motifs is 1. The van der Waals surface area contributed by atoms with Gasteiger partial charge in [-0.25, -0.2) is 4.68 Å². The van der Waals surface area contributed by atoms with E-state index in [0.29, 0.717) is 5.95 Å². The highest BCUT2D eigenvalue weighted by Gasteiger charge is 2.31. The summed E-state index contributed by atoms with van der Waals surface area (Å²) in [5, 5.41) is 10.9. The molecule has 2 N–H and O–H groups in total. The SMILES string of the molecule is COc1ccc(/C=C/C(=O)Nc2nc3n(n2)C(c2ccc(OC)cc2)CC(c2ccccc2)N3)cc1. The smallest absolute Gasteiger partial charge is 0.250 e. The molecule has 0 aliphatic carbocycles. The third-order valence-electron chi connectivity index (χ3n) is 6.17. The van der Waals surface area contributed by atoms with Crippen LogP contribution in [0.15, 0.2) is 84.9 Å². The number of benzene rings is 3. The molecule has 2 heterocycles. The normalized spacial score (nSPS) is 16.7. The molecular formula is C28H27N5O3. The van der Waals surface area contributed by atoms with Crippen molar-refractivity contribution >= 4 is 23.9 Å². The Morgan fingerprint density at radius 1 is 0.944 bits per heavy atom. The highest BCUT2D eigenvalue weighted by molar-refractivity contribution is 6.00. The van der Waals surface area contributed by atoms with Crippen LogP contribution in [0.1, 0.15) is 35.2 Å². The van der Waals surface area contributed by atoms with Crippen LogP contribution < -0.4 is 20.1 Å². The molecule has 3 aromatic carbocycles. The Kier molecular flexibility index (Phi) is 6.66. The van der Waals surface area contributed by atoms with Crippen LogP contribution in [0.4, 0.5) is 11.9 Å².